The molecular weight excluding hydrogens is 312 g/mol. The van der Waals surface area contributed by atoms with Gasteiger partial charge in [0.2, 0.25) is 5.91 Å². The third-order valence-corrected chi connectivity index (χ3v) is 4.24. The summed E-state index contributed by atoms with van der Waals surface area (Å²) in [6, 6.07) is 14.4. The fourth-order valence-electron chi connectivity index (χ4n) is 2.90. The molecule has 0 spiro atoms. The smallest absolute Gasteiger partial charge is 0.254 e. The number of amides is 2. The number of hydrogen-bond acceptors (Lipinski definition) is 2. The maximum absolute atomic E-state index is 13.0. The van der Waals surface area contributed by atoms with Gasteiger partial charge in [-0.2, -0.15) is 0 Å². The molecule has 118 valence electrons. The predicted molar refractivity (Wildman–Crippen MR) is 91.0 cm³/mol. The van der Waals surface area contributed by atoms with Gasteiger partial charge in [-0.15, -0.1) is 0 Å². The summed E-state index contributed by atoms with van der Waals surface area (Å²) < 4.78 is 0. The minimum Gasteiger partial charge on any atom is -0.345 e. The van der Waals surface area contributed by atoms with Crippen LogP contribution in [0.1, 0.15) is 18.9 Å². The molecule has 1 atom stereocenters. The SMILES string of the molecule is CC(=O)NC1CCc2ccccc2N(c2ccccc2Cl)C1=O. The van der Waals surface area contributed by atoms with Crippen LogP contribution in [0.15, 0.2) is 48.5 Å². The number of carbonyl (C=O) groups is 2. The molecule has 1 aliphatic heterocycles. The van der Waals surface area contributed by atoms with Crippen LogP contribution < -0.4 is 10.2 Å². The van der Waals surface area contributed by atoms with Crippen molar-refractivity contribution in [3.63, 3.8) is 0 Å². The first-order valence-electron chi connectivity index (χ1n) is 7.51. The maximum atomic E-state index is 13.0. The average Bonchev–Trinajstić information content (AvgIpc) is 2.66. The van der Waals surface area contributed by atoms with E-state index in [1.54, 1.807) is 11.0 Å². The van der Waals surface area contributed by atoms with Crippen molar-refractivity contribution >= 4 is 34.8 Å². The van der Waals surface area contributed by atoms with Crippen LogP contribution in [0.25, 0.3) is 0 Å². The molecule has 0 saturated heterocycles. The zero-order valence-electron chi connectivity index (χ0n) is 12.8. The van der Waals surface area contributed by atoms with Crippen LogP contribution >= 0.6 is 11.6 Å². The molecule has 23 heavy (non-hydrogen) atoms. The number of nitrogens with one attached hydrogen (secondary N) is 1. The molecule has 0 radical (unpaired) electrons. The maximum Gasteiger partial charge on any atom is 0.254 e. The topological polar surface area (TPSA) is 49.4 Å². The Labute approximate surface area is 140 Å². The van der Waals surface area contributed by atoms with Crippen LogP contribution in [-0.2, 0) is 16.0 Å². The van der Waals surface area contributed by atoms with E-state index < -0.39 is 6.04 Å². The summed E-state index contributed by atoms with van der Waals surface area (Å²) in [5, 5.41) is 3.25. The van der Waals surface area contributed by atoms with Gasteiger partial charge in [-0.05, 0) is 36.6 Å². The fourth-order valence-corrected chi connectivity index (χ4v) is 3.12. The van der Waals surface area contributed by atoms with E-state index in [-0.39, 0.29) is 11.8 Å². The second-order valence-corrected chi connectivity index (χ2v) is 5.95. The summed E-state index contributed by atoms with van der Waals surface area (Å²) in [5.74, 6) is -0.383. The number of anilines is 2. The lowest BCUT2D eigenvalue weighted by Gasteiger charge is -2.27. The molecule has 0 aromatic heterocycles. The van der Waals surface area contributed by atoms with Gasteiger partial charge in [0.1, 0.15) is 6.04 Å². The van der Waals surface area contributed by atoms with Gasteiger partial charge >= 0.3 is 0 Å². The van der Waals surface area contributed by atoms with E-state index in [1.165, 1.54) is 6.92 Å². The molecule has 2 aromatic carbocycles. The van der Waals surface area contributed by atoms with Crippen molar-refractivity contribution in [2.24, 2.45) is 0 Å². The first-order chi connectivity index (χ1) is 11.1. The van der Waals surface area contributed by atoms with Gasteiger partial charge in [0.15, 0.2) is 0 Å². The highest BCUT2D eigenvalue weighted by Gasteiger charge is 2.32. The Balaban J connectivity index is 2.12. The number of fused-ring (bicyclic) bond motifs is 1. The Kier molecular flexibility index (Phi) is 4.35. The molecule has 3 rings (SSSR count). The molecule has 2 aromatic rings. The largest absolute Gasteiger partial charge is 0.345 e. The van der Waals surface area contributed by atoms with Crippen molar-refractivity contribution in [2.45, 2.75) is 25.8 Å². The summed E-state index contributed by atoms with van der Waals surface area (Å²) in [5.41, 5.74) is 2.51. The summed E-state index contributed by atoms with van der Waals surface area (Å²) >= 11 is 6.31. The molecule has 4 nitrogen and oxygen atoms in total. The number of para-hydroxylation sites is 2. The standard InChI is InChI=1S/C18H17ClN2O2/c1-12(22)20-15-11-10-13-6-2-4-8-16(13)21(18(15)23)17-9-5-3-7-14(17)19/h2-9,15H,10-11H2,1H3,(H,20,22). The molecule has 0 aliphatic carbocycles. The van der Waals surface area contributed by atoms with Crippen molar-refractivity contribution in [3.8, 4) is 0 Å². The van der Waals surface area contributed by atoms with Crippen LogP contribution in [0, 0.1) is 0 Å². The number of hydrogen-bond donors (Lipinski definition) is 1. The zero-order valence-corrected chi connectivity index (χ0v) is 13.5. The number of nitrogens with zero attached hydrogens (tertiary/aromatic N) is 1. The average molecular weight is 329 g/mol. The first-order valence-corrected chi connectivity index (χ1v) is 7.89. The number of benzene rings is 2. The number of aryl methyl sites for hydroxylation is 1. The van der Waals surface area contributed by atoms with Crippen molar-refractivity contribution in [3.05, 3.63) is 59.1 Å². The van der Waals surface area contributed by atoms with Crippen molar-refractivity contribution in [2.75, 3.05) is 4.90 Å². The fraction of sp³-hybridized carbons (Fsp3) is 0.222. The van der Waals surface area contributed by atoms with E-state index in [2.05, 4.69) is 5.32 Å². The van der Waals surface area contributed by atoms with E-state index in [0.29, 0.717) is 23.6 Å². The normalized spacial score (nSPS) is 17.4. The second kappa shape index (κ2) is 6.42. The van der Waals surface area contributed by atoms with Crippen LogP contribution in [0.3, 0.4) is 0 Å². The third kappa shape index (κ3) is 3.08. The van der Waals surface area contributed by atoms with E-state index in [1.807, 2.05) is 42.5 Å². The first kappa shape index (κ1) is 15.6. The van der Waals surface area contributed by atoms with E-state index in [0.717, 1.165) is 11.3 Å². The molecule has 1 N–H and O–H groups in total. The Hall–Kier alpha value is -2.33. The number of halogens is 1. The van der Waals surface area contributed by atoms with Crippen molar-refractivity contribution in [1.29, 1.82) is 0 Å². The van der Waals surface area contributed by atoms with Crippen molar-refractivity contribution < 1.29 is 9.59 Å². The highest BCUT2D eigenvalue weighted by atomic mass is 35.5. The molecular formula is C18H17ClN2O2. The zero-order chi connectivity index (χ0) is 16.4. The van der Waals surface area contributed by atoms with Gasteiger partial charge in [0.05, 0.1) is 16.4 Å². The lowest BCUT2D eigenvalue weighted by atomic mass is 10.1. The second-order valence-electron chi connectivity index (χ2n) is 5.55. The minimum atomic E-state index is -0.559. The summed E-state index contributed by atoms with van der Waals surface area (Å²) in [7, 11) is 0. The Morgan fingerprint density at radius 2 is 1.78 bits per heavy atom. The van der Waals surface area contributed by atoms with Crippen molar-refractivity contribution in [1.82, 2.24) is 5.32 Å². The highest BCUT2D eigenvalue weighted by molar-refractivity contribution is 6.34. The van der Waals surface area contributed by atoms with Crippen LogP contribution in [0.2, 0.25) is 5.02 Å². The van der Waals surface area contributed by atoms with Crippen LogP contribution in [0.5, 0.6) is 0 Å². The number of rotatable bonds is 2. The van der Waals surface area contributed by atoms with Gasteiger partial charge < -0.3 is 5.32 Å². The third-order valence-electron chi connectivity index (χ3n) is 3.92. The molecule has 1 aliphatic rings. The van der Waals surface area contributed by atoms with E-state index in [4.69, 9.17) is 11.6 Å². The summed E-state index contributed by atoms with van der Waals surface area (Å²) in [6.45, 7) is 1.42. The molecule has 1 unspecified atom stereocenters. The highest BCUT2D eigenvalue weighted by Crippen LogP contribution is 2.36. The minimum absolute atomic E-state index is 0.168. The summed E-state index contributed by atoms with van der Waals surface area (Å²) in [6.07, 6.45) is 1.28. The van der Waals surface area contributed by atoms with E-state index >= 15 is 0 Å². The summed E-state index contributed by atoms with van der Waals surface area (Å²) in [4.78, 5) is 26.1. The Bertz CT molecular complexity index is 760. The van der Waals surface area contributed by atoms with Gasteiger partial charge in [-0.25, -0.2) is 0 Å². The van der Waals surface area contributed by atoms with Gasteiger partial charge in [-0.1, -0.05) is 41.9 Å². The molecule has 2 amide bonds. The van der Waals surface area contributed by atoms with Crippen LogP contribution in [-0.4, -0.2) is 17.9 Å². The molecule has 1 heterocycles. The van der Waals surface area contributed by atoms with Crippen LogP contribution in [0.4, 0.5) is 11.4 Å². The molecule has 5 heteroatoms. The monoisotopic (exact) mass is 328 g/mol. The number of carbonyl (C=O) groups excluding carboxylic acids is 2. The lowest BCUT2D eigenvalue weighted by Crippen LogP contribution is -2.45. The van der Waals surface area contributed by atoms with Gasteiger partial charge in [0, 0.05) is 6.92 Å². The molecule has 0 saturated carbocycles. The Morgan fingerprint density at radius 3 is 2.48 bits per heavy atom. The van der Waals surface area contributed by atoms with E-state index in [9.17, 15) is 9.59 Å². The Morgan fingerprint density at radius 1 is 1.13 bits per heavy atom. The molecule has 0 bridgehead atoms. The van der Waals surface area contributed by atoms with Gasteiger partial charge in [0.25, 0.3) is 5.91 Å². The predicted octanol–water partition coefficient (Wildman–Crippen LogP) is 3.46. The quantitative estimate of drug-likeness (QED) is 0.918. The molecule has 0 fully saturated rings. The lowest BCUT2D eigenvalue weighted by molar-refractivity contribution is -0.126. The van der Waals surface area contributed by atoms with Gasteiger partial charge in [-0.3, -0.25) is 14.5 Å².